The Balaban J connectivity index is 1.39. The van der Waals surface area contributed by atoms with Crippen molar-refractivity contribution in [2.45, 2.75) is 19.2 Å². The number of carbonyl (C=O) groups is 1. The quantitative estimate of drug-likeness (QED) is 0.569. The lowest BCUT2D eigenvalue weighted by atomic mass is 9.96. The number of fused-ring (bicyclic) bond motifs is 1. The van der Waals surface area contributed by atoms with Crippen LogP contribution in [0.3, 0.4) is 0 Å². The smallest absolute Gasteiger partial charge is 0.404 e. The summed E-state index contributed by atoms with van der Waals surface area (Å²) < 4.78 is 56.3. The number of rotatable bonds is 4. The zero-order valence-corrected chi connectivity index (χ0v) is 16.4. The molecule has 1 aliphatic heterocycles. The molecule has 1 N–H and O–H groups in total. The first-order valence-corrected chi connectivity index (χ1v) is 10.1. The van der Waals surface area contributed by atoms with Crippen molar-refractivity contribution in [1.82, 2.24) is 4.98 Å². The highest BCUT2D eigenvalue weighted by Crippen LogP contribution is 2.34. The number of amides is 1. The number of thiazole rings is 1. The van der Waals surface area contributed by atoms with E-state index in [0.29, 0.717) is 36.6 Å². The molecule has 1 aliphatic rings. The van der Waals surface area contributed by atoms with Gasteiger partial charge in [-0.2, -0.15) is 0 Å². The molecular weight excluding hydrogens is 422 g/mol. The number of aromatic nitrogens is 1. The van der Waals surface area contributed by atoms with E-state index in [-0.39, 0.29) is 23.3 Å². The van der Waals surface area contributed by atoms with E-state index in [1.165, 1.54) is 35.6 Å². The van der Waals surface area contributed by atoms with Gasteiger partial charge in [0.2, 0.25) is 5.91 Å². The Morgan fingerprint density at radius 2 is 1.87 bits per heavy atom. The van der Waals surface area contributed by atoms with Crippen LogP contribution in [0, 0.1) is 11.7 Å². The van der Waals surface area contributed by atoms with E-state index >= 15 is 0 Å². The van der Waals surface area contributed by atoms with E-state index in [2.05, 4.69) is 15.0 Å². The topological polar surface area (TPSA) is 54.5 Å². The molecule has 1 aromatic heterocycles. The van der Waals surface area contributed by atoms with Gasteiger partial charge in [0, 0.05) is 19.0 Å². The standard InChI is InChI=1S/C20H17F4N3O2S/c21-13-4-3-7-16-17(13)26-19(30-16)27-10-8-12(9-11-27)18(28)25-14-5-1-2-6-15(14)29-20(22,23)24/h1-7,12H,8-11H2,(H,25,28). The van der Waals surface area contributed by atoms with Gasteiger partial charge in [-0.1, -0.05) is 29.5 Å². The molecule has 0 saturated carbocycles. The average molecular weight is 439 g/mol. The highest BCUT2D eigenvalue weighted by atomic mass is 32.1. The molecule has 3 aromatic rings. The number of anilines is 2. The molecule has 0 bridgehead atoms. The van der Waals surface area contributed by atoms with Crippen molar-refractivity contribution < 1.29 is 27.1 Å². The second kappa shape index (κ2) is 8.10. The molecule has 0 unspecified atom stereocenters. The fourth-order valence-electron chi connectivity index (χ4n) is 3.39. The highest BCUT2D eigenvalue weighted by molar-refractivity contribution is 7.22. The maximum Gasteiger partial charge on any atom is 0.573 e. The summed E-state index contributed by atoms with van der Waals surface area (Å²) in [4.78, 5) is 18.9. The van der Waals surface area contributed by atoms with Crippen molar-refractivity contribution in [2.24, 2.45) is 5.92 Å². The number of benzene rings is 2. The molecule has 30 heavy (non-hydrogen) atoms. The second-order valence-electron chi connectivity index (χ2n) is 6.88. The number of piperidine rings is 1. The molecule has 5 nitrogen and oxygen atoms in total. The zero-order valence-electron chi connectivity index (χ0n) is 15.6. The van der Waals surface area contributed by atoms with Gasteiger partial charge in [0.05, 0.1) is 10.4 Å². The van der Waals surface area contributed by atoms with Crippen molar-refractivity contribution in [2.75, 3.05) is 23.3 Å². The predicted molar refractivity (Wildman–Crippen MR) is 106 cm³/mol. The van der Waals surface area contributed by atoms with Crippen molar-refractivity contribution in [3.05, 3.63) is 48.3 Å². The van der Waals surface area contributed by atoms with Gasteiger partial charge in [-0.05, 0) is 37.1 Å². The van der Waals surface area contributed by atoms with Crippen LogP contribution in [0.1, 0.15) is 12.8 Å². The monoisotopic (exact) mass is 439 g/mol. The number of ether oxygens (including phenoxy) is 1. The molecule has 158 valence electrons. The number of alkyl halides is 3. The molecule has 1 amide bonds. The summed E-state index contributed by atoms with van der Waals surface area (Å²) in [7, 11) is 0. The molecule has 10 heteroatoms. The molecule has 1 saturated heterocycles. The fourth-order valence-corrected chi connectivity index (χ4v) is 4.42. The Bertz CT molecular complexity index is 1060. The number of halogens is 4. The first-order chi connectivity index (χ1) is 14.3. The average Bonchev–Trinajstić information content (AvgIpc) is 3.14. The summed E-state index contributed by atoms with van der Waals surface area (Å²) in [6.07, 6.45) is -3.83. The van der Waals surface area contributed by atoms with Gasteiger partial charge in [0.15, 0.2) is 10.9 Å². The number of nitrogens with zero attached hydrogens (tertiary/aromatic N) is 2. The third-order valence-electron chi connectivity index (χ3n) is 4.87. The summed E-state index contributed by atoms with van der Waals surface area (Å²) in [5.41, 5.74) is 0.308. The van der Waals surface area contributed by atoms with Gasteiger partial charge >= 0.3 is 6.36 Å². The minimum atomic E-state index is -4.84. The van der Waals surface area contributed by atoms with E-state index in [1.54, 1.807) is 12.1 Å². The van der Waals surface area contributed by atoms with Gasteiger partial charge in [-0.25, -0.2) is 9.37 Å². The SMILES string of the molecule is O=C(Nc1ccccc1OC(F)(F)F)C1CCN(c2nc3c(F)cccc3s2)CC1. The molecule has 4 rings (SSSR count). The molecular formula is C20H17F4N3O2S. The first kappa shape index (κ1) is 20.4. The Hall–Kier alpha value is -2.88. The minimum Gasteiger partial charge on any atom is -0.404 e. The number of hydrogen-bond acceptors (Lipinski definition) is 5. The second-order valence-corrected chi connectivity index (χ2v) is 7.89. The van der Waals surface area contributed by atoms with Crippen molar-refractivity contribution >= 4 is 38.3 Å². The van der Waals surface area contributed by atoms with E-state index < -0.39 is 12.1 Å². The highest BCUT2D eigenvalue weighted by Gasteiger charge is 2.33. The normalized spacial score (nSPS) is 15.4. The van der Waals surface area contributed by atoms with E-state index in [4.69, 9.17) is 0 Å². The van der Waals surface area contributed by atoms with Crippen LogP contribution in [0.5, 0.6) is 5.75 Å². The molecule has 2 aromatic carbocycles. The fraction of sp³-hybridized carbons (Fsp3) is 0.300. The first-order valence-electron chi connectivity index (χ1n) is 9.26. The van der Waals surface area contributed by atoms with E-state index in [1.807, 2.05) is 4.90 Å². The van der Waals surface area contributed by atoms with Gasteiger partial charge < -0.3 is 15.0 Å². The maximum absolute atomic E-state index is 13.9. The van der Waals surface area contributed by atoms with Gasteiger partial charge in [-0.15, -0.1) is 13.2 Å². The summed E-state index contributed by atoms with van der Waals surface area (Å²) in [6.45, 7) is 1.08. The summed E-state index contributed by atoms with van der Waals surface area (Å²) in [6, 6.07) is 10.2. The Kier molecular flexibility index (Phi) is 5.50. The van der Waals surface area contributed by atoms with E-state index in [9.17, 15) is 22.4 Å². The largest absolute Gasteiger partial charge is 0.573 e. The van der Waals surface area contributed by atoms with Gasteiger partial charge in [0.25, 0.3) is 0 Å². The number of carbonyl (C=O) groups excluding carboxylic acids is 1. The Morgan fingerprint density at radius 3 is 2.57 bits per heavy atom. The summed E-state index contributed by atoms with van der Waals surface area (Å²) in [5, 5.41) is 3.23. The summed E-state index contributed by atoms with van der Waals surface area (Å²) >= 11 is 1.39. The lowest BCUT2D eigenvalue weighted by Gasteiger charge is -2.31. The van der Waals surface area contributed by atoms with Crippen LogP contribution in [0.2, 0.25) is 0 Å². The van der Waals surface area contributed by atoms with Crippen LogP contribution >= 0.6 is 11.3 Å². The van der Waals surface area contributed by atoms with Crippen molar-refractivity contribution in [3.63, 3.8) is 0 Å². The van der Waals surface area contributed by atoms with Gasteiger partial charge in [0.1, 0.15) is 11.3 Å². The third-order valence-corrected chi connectivity index (χ3v) is 5.95. The number of hydrogen-bond donors (Lipinski definition) is 1. The van der Waals surface area contributed by atoms with Crippen LogP contribution in [0.4, 0.5) is 28.4 Å². The summed E-state index contributed by atoms with van der Waals surface area (Å²) in [5.74, 6) is -1.54. The molecule has 2 heterocycles. The van der Waals surface area contributed by atoms with Crippen molar-refractivity contribution in [3.8, 4) is 5.75 Å². The number of nitrogens with one attached hydrogen (secondary N) is 1. The zero-order chi connectivity index (χ0) is 21.3. The number of para-hydroxylation sites is 3. The van der Waals surface area contributed by atoms with Crippen LogP contribution in [0.25, 0.3) is 10.2 Å². The maximum atomic E-state index is 13.9. The van der Waals surface area contributed by atoms with Crippen LogP contribution in [-0.2, 0) is 4.79 Å². The molecule has 1 fully saturated rings. The molecule has 0 aliphatic carbocycles. The molecule has 0 atom stereocenters. The van der Waals surface area contributed by atoms with E-state index in [0.717, 1.165) is 10.8 Å². The van der Waals surface area contributed by atoms with Crippen LogP contribution in [-0.4, -0.2) is 30.3 Å². The lowest BCUT2D eigenvalue weighted by molar-refractivity contribution is -0.274. The molecule has 0 spiro atoms. The third kappa shape index (κ3) is 4.48. The van der Waals surface area contributed by atoms with Crippen LogP contribution < -0.4 is 15.0 Å². The predicted octanol–water partition coefficient (Wildman–Crippen LogP) is 5.19. The Morgan fingerprint density at radius 1 is 1.13 bits per heavy atom. The minimum absolute atomic E-state index is 0.0242. The lowest BCUT2D eigenvalue weighted by Crippen LogP contribution is -2.38. The Labute approximate surface area is 173 Å². The van der Waals surface area contributed by atoms with Crippen molar-refractivity contribution in [1.29, 1.82) is 0 Å². The molecule has 0 radical (unpaired) electrons. The van der Waals surface area contributed by atoms with Crippen LogP contribution in [0.15, 0.2) is 42.5 Å². The van der Waals surface area contributed by atoms with Gasteiger partial charge in [-0.3, -0.25) is 4.79 Å².